The molecule has 6 bridgehead atoms. The molecule has 0 saturated carbocycles. The lowest BCUT2D eigenvalue weighted by Gasteiger charge is -2.31. The van der Waals surface area contributed by atoms with E-state index in [4.69, 9.17) is 9.98 Å². The van der Waals surface area contributed by atoms with Crippen molar-refractivity contribution in [2.24, 2.45) is 22.7 Å². The monoisotopic (exact) mass is 806 g/mol. The summed E-state index contributed by atoms with van der Waals surface area (Å²) < 4.78 is 0. The number of hydrogen-bond donors (Lipinski definition) is 4. The summed E-state index contributed by atoms with van der Waals surface area (Å²) in [5.41, 5.74) is 1.38. The van der Waals surface area contributed by atoms with E-state index < -0.39 is 42.2 Å². The number of amides is 5. The molecule has 7 atom stereocenters. The molecule has 3 aliphatic heterocycles. The molecule has 6 rings (SSSR count). The summed E-state index contributed by atoms with van der Waals surface area (Å²) in [7, 11) is 0. The van der Waals surface area contributed by atoms with Gasteiger partial charge in [-0.25, -0.2) is 9.97 Å². The zero-order valence-electron chi connectivity index (χ0n) is 32.0. The second kappa shape index (κ2) is 17.8. The molecule has 1 aromatic carbocycles. The third-order valence-corrected chi connectivity index (χ3v) is 13.5. The Kier molecular flexibility index (Phi) is 13.1. The molecule has 5 amide bonds. The van der Waals surface area contributed by atoms with Crippen LogP contribution in [0.15, 0.2) is 46.1 Å². The van der Waals surface area contributed by atoms with Gasteiger partial charge in [-0.1, -0.05) is 78.3 Å². The zero-order valence-corrected chi connectivity index (χ0v) is 34.5. The van der Waals surface area contributed by atoms with Gasteiger partial charge < -0.3 is 26.2 Å². The Hall–Kier alpha value is -4.15. The SMILES string of the molecule is CC[C@H](C)C1NC(=O)[C@@H]2CSC(=N2)[C@H](Cc2ccccc2)NC(=O)c2csc(n2)[C@H](C(C)C)NC(=O)[C@@H]2CCCN2C(=O)[C@H](C(C)C)NC(=O)c2csc1n2. The molecule has 0 spiro atoms. The van der Waals surface area contributed by atoms with Gasteiger partial charge in [-0.2, -0.15) is 0 Å². The molecule has 3 aromatic rings. The van der Waals surface area contributed by atoms with Crippen molar-refractivity contribution in [1.29, 1.82) is 0 Å². The van der Waals surface area contributed by atoms with Crippen LogP contribution in [0.1, 0.15) is 109 Å². The van der Waals surface area contributed by atoms with Crippen LogP contribution in [0.3, 0.4) is 0 Å². The Morgan fingerprint density at radius 2 is 1.40 bits per heavy atom. The largest absolute Gasteiger partial charge is 0.345 e. The Morgan fingerprint density at radius 1 is 0.782 bits per heavy atom. The number of benzene rings is 1. The number of rotatable bonds is 6. The van der Waals surface area contributed by atoms with E-state index in [9.17, 15) is 24.0 Å². The van der Waals surface area contributed by atoms with Gasteiger partial charge in [0.05, 0.1) is 23.2 Å². The molecule has 1 unspecified atom stereocenters. The number of thiazole rings is 2. The molecule has 13 nitrogen and oxygen atoms in total. The Balaban J connectivity index is 1.37. The minimum Gasteiger partial charge on any atom is -0.345 e. The second-order valence-corrected chi connectivity index (χ2v) is 18.0. The summed E-state index contributed by atoms with van der Waals surface area (Å²) in [6, 6.07) is 5.99. The van der Waals surface area contributed by atoms with Crippen molar-refractivity contribution in [1.82, 2.24) is 36.1 Å². The third kappa shape index (κ3) is 9.29. The standard InChI is InChI=1S/C39H50N8O5S3/c1-7-22(6)31-38-43-27(19-55-38)33(49)45-30(21(4)5)39(52)47-15-11-14-28(47)35(51)44-29(20(2)3)37-42-25(18-54-37)32(48)40-24(16-23-12-9-8-10-13-23)36-41-26(17-53-36)34(50)46-31/h8-10,12-13,18-22,24,26,28-31H,7,11,14-17H2,1-6H3,(H,40,48)(H,44,51)(H,45,49)(H,46,50)/t22-,24-,26-,28-,29-,30-,31?/m0/s1. The summed E-state index contributed by atoms with van der Waals surface area (Å²) in [6.45, 7) is 12.1. The third-order valence-electron chi connectivity index (χ3n) is 10.4. The molecule has 16 heteroatoms. The molecule has 5 heterocycles. The van der Waals surface area contributed by atoms with Crippen LogP contribution < -0.4 is 21.3 Å². The molecule has 0 aliphatic carbocycles. The van der Waals surface area contributed by atoms with Crippen LogP contribution >= 0.6 is 34.4 Å². The maximum atomic E-state index is 14.1. The lowest BCUT2D eigenvalue weighted by molar-refractivity contribution is -0.141. The fourth-order valence-electron chi connectivity index (χ4n) is 6.97. The minimum absolute atomic E-state index is 0.00581. The van der Waals surface area contributed by atoms with Gasteiger partial charge in [0, 0.05) is 23.1 Å². The van der Waals surface area contributed by atoms with Gasteiger partial charge in [0.1, 0.15) is 39.5 Å². The van der Waals surface area contributed by atoms with Crippen molar-refractivity contribution in [2.75, 3.05) is 12.3 Å². The number of carbonyl (C=O) groups excluding carboxylic acids is 5. The van der Waals surface area contributed by atoms with E-state index in [0.717, 1.165) is 12.0 Å². The van der Waals surface area contributed by atoms with Gasteiger partial charge >= 0.3 is 0 Å². The Morgan fingerprint density at radius 3 is 2.04 bits per heavy atom. The first-order valence-electron chi connectivity index (χ1n) is 19.0. The van der Waals surface area contributed by atoms with E-state index in [-0.39, 0.29) is 52.8 Å². The number of fused-ring (bicyclic) bond motifs is 6. The maximum absolute atomic E-state index is 14.1. The molecule has 3 aliphatic rings. The van der Waals surface area contributed by atoms with Gasteiger partial charge in [-0.3, -0.25) is 29.0 Å². The minimum atomic E-state index is -0.889. The average molecular weight is 807 g/mol. The van der Waals surface area contributed by atoms with E-state index in [2.05, 4.69) is 26.3 Å². The molecule has 1 saturated heterocycles. The van der Waals surface area contributed by atoms with E-state index in [1.165, 1.54) is 34.4 Å². The average Bonchev–Trinajstić information content (AvgIpc) is 4.01. The second-order valence-electron chi connectivity index (χ2n) is 15.1. The van der Waals surface area contributed by atoms with Crippen molar-refractivity contribution in [3.05, 3.63) is 68.1 Å². The van der Waals surface area contributed by atoms with Crippen molar-refractivity contribution >= 4 is 69.0 Å². The number of hydrogen-bond acceptors (Lipinski definition) is 11. The van der Waals surface area contributed by atoms with Crippen molar-refractivity contribution in [3.63, 3.8) is 0 Å². The van der Waals surface area contributed by atoms with E-state index >= 15 is 0 Å². The first-order valence-corrected chi connectivity index (χ1v) is 21.8. The highest BCUT2D eigenvalue weighted by Gasteiger charge is 2.40. The van der Waals surface area contributed by atoms with Crippen LogP contribution in [0, 0.1) is 17.8 Å². The number of nitrogens with one attached hydrogen (secondary N) is 4. The number of thioether (sulfide) groups is 1. The van der Waals surface area contributed by atoms with Gasteiger partial charge in [0.25, 0.3) is 11.8 Å². The highest BCUT2D eigenvalue weighted by atomic mass is 32.2. The van der Waals surface area contributed by atoms with Crippen LogP contribution in [0.4, 0.5) is 0 Å². The van der Waals surface area contributed by atoms with Crippen LogP contribution in [0.2, 0.25) is 0 Å². The molecule has 55 heavy (non-hydrogen) atoms. The summed E-state index contributed by atoms with van der Waals surface area (Å²) >= 11 is 4.02. The number of nitrogens with zero attached hydrogens (tertiary/aromatic N) is 4. The molecule has 0 radical (unpaired) electrons. The van der Waals surface area contributed by atoms with E-state index in [1.54, 1.807) is 15.7 Å². The lowest BCUT2D eigenvalue weighted by atomic mass is 9.99. The number of carbonyl (C=O) groups is 5. The first-order chi connectivity index (χ1) is 26.3. The van der Waals surface area contributed by atoms with Crippen molar-refractivity contribution < 1.29 is 24.0 Å². The Bertz CT molecular complexity index is 1910. The predicted octanol–water partition coefficient (Wildman–Crippen LogP) is 4.93. The zero-order chi connectivity index (χ0) is 39.4. The van der Waals surface area contributed by atoms with Crippen LogP contribution in [0.5, 0.6) is 0 Å². The predicted molar refractivity (Wildman–Crippen MR) is 216 cm³/mol. The fourth-order valence-corrected chi connectivity index (χ4v) is 10.1. The molecular weight excluding hydrogens is 757 g/mol. The molecule has 2 aromatic heterocycles. The van der Waals surface area contributed by atoms with Gasteiger partial charge in [0.2, 0.25) is 17.7 Å². The number of aliphatic imine (C=N–C) groups is 1. The highest BCUT2D eigenvalue weighted by molar-refractivity contribution is 8.14. The van der Waals surface area contributed by atoms with Crippen LogP contribution in [-0.4, -0.2) is 85.9 Å². The maximum Gasteiger partial charge on any atom is 0.271 e. The molecule has 4 N–H and O–H groups in total. The summed E-state index contributed by atoms with van der Waals surface area (Å²) in [5, 5.41) is 17.5. The van der Waals surface area contributed by atoms with E-state index in [1.807, 2.05) is 71.9 Å². The molecule has 1 fully saturated rings. The highest BCUT2D eigenvalue weighted by Crippen LogP contribution is 2.31. The molecular formula is C39H50N8O5S3. The quantitative estimate of drug-likeness (QED) is 0.271. The smallest absolute Gasteiger partial charge is 0.271 e. The van der Waals surface area contributed by atoms with Crippen LogP contribution in [-0.2, 0) is 20.8 Å². The first kappa shape index (κ1) is 40.5. The fraction of sp³-hybridized carbons (Fsp3) is 0.538. The molecule has 294 valence electrons. The number of aromatic nitrogens is 2. The van der Waals surface area contributed by atoms with Gasteiger partial charge in [0.15, 0.2) is 0 Å². The van der Waals surface area contributed by atoms with Crippen molar-refractivity contribution in [2.45, 2.75) is 103 Å². The summed E-state index contributed by atoms with van der Waals surface area (Å²) in [4.78, 5) is 85.2. The van der Waals surface area contributed by atoms with Gasteiger partial charge in [-0.05, 0) is 42.6 Å². The Labute approximate surface area is 334 Å². The summed E-state index contributed by atoms with van der Waals surface area (Å²) in [5.74, 6) is -1.71. The lowest BCUT2D eigenvalue weighted by Crippen LogP contribution is -2.55. The normalized spacial score (nSPS) is 26.1. The van der Waals surface area contributed by atoms with Gasteiger partial charge in [-0.15, -0.1) is 34.4 Å². The summed E-state index contributed by atoms with van der Waals surface area (Å²) in [6.07, 6.45) is 2.33. The van der Waals surface area contributed by atoms with Crippen molar-refractivity contribution in [3.8, 4) is 0 Å². The topological polar surface area (TPSA) is 175 Å². The van der Waals surface area contributed by atoms with E-state index in [0.29, 0.717) is 46.6 Å². The van der Waals surface area contributed by atoms with Crippen LogP contribution in [0.25, 0.3) is 0 Å².